The Labute approximate surface area is 204 Å². The standard InChI is InChI=1S/C26H23F3N4O3/c1-36-20-12-7-11-18(14-20)23-24(34)32(16-22(30)17-8-3-2-4-9-17)25(35)33(31-23)15-19-10-5-6-13-21(19)26(27,28)29/h2-14,22H,15-16,30H2,1H3. The first-order chi connectivity index (χ1) is 17.2. The third-order valence-corrected chi connectivity index (χ3v) is 5.71. The van der Waals surface area contributed by atoms with Crippen molar-refractivity contribution in [3.63, 3.8) is 0 Å². The van der Waals surface area contributed by atoms with Crippen LogP contribution >= 0.6 is 0 Å². The minimum absolute atomic E-state index is 0.113. The van der Waals surface area contributed by atoms with Crippen LogP contribution in [0.15, 0.2) is 88.5 Å². The van der Waals surface area contributed by atoms with Crippen molar-refractivity contribution in [1.29, 1.82) is 0 Å². The van der Waals surface area contributed by atoms with Crippen molar-refractivity contribution >= 4 is 0 Å². The Bertz CT molecular complexity index is 1480. The average Bonchev–Trinajstić information content (AvgIpc) is 2.88. The van der Waals surface area contributed by atoms with Gasteiger partial charge < -0.3 is 10.5 Å². The first-order valence-corrected chi connectivity index (χ1v) is 11.0. The number of methoxy groups -OCH3 is 1. The second-order valence-corrected chi connectivity index (χ2v) is 8.11. The second kappa shape index (κ2) is 10.2. The van der Waals surface area contributed by atoms with Gasteiger partial charge in [0, 0.05) is 11.6 Å². The van der Waals surface area contributed by atoms with Gasteiger partial charge in [-0.05, 0) is 29.3 Å². The van der Waals surface area contributed by atoms with Gasteiger partial charge in [-0.2, -0.15) is 18.3 Å². The van der Waals surface area contributed by atoms with Crippen molar-refractivity contribution < 1.29 is 17.9 Å². The van der Waals surface area contributed by atoms with Gasteiger partial charge in [0.05, 0.1) is 25.8 Å². The van der Waals surface area contributed by atoms with Crippen LogP contribution in [0.3, 0.4) is 0 Å². The van der Waals surface area contributed by atoms with Gasteiger partial charge in [0.25, 0.3) is 5.56 Å². The molecule has 0 radical (unpaired) electrons. The lowest BCUT2D eigenvalue weighted by Gasteiger charge is -2.17. The van der Waals surface area contributed by atoms with Crippen molar-refractivity contribution in [2.45, 2.75) is 25.3 Å². The number of hydrogen-bond acceptors (Lipinski definition) is 5. The van der Waals surface area contributed by atoms with Crippen LogP contribution in [0.2, 0.25) is 0 Å². The van der Waals surface area contributed by atoms with Gasteiger partial charge >= 0.3 is 11.9 Å². The lowest BCUT2D eigenvalue weighted by molar-refractivity contribution is -0.138. The SMILES string of the molecule is COc1cccc(-c2nn(Cc3ccccc3C(F)(F)F)c(=O)n(CC(N)c3ccccc3)c2=O)c1. The van der Waals surface area contributed by atoms with Gasteiger partial charge in [0.2, 0.25) is 0 Å². The fraction of sp³-hybridized carbons (Fsp3) is 0.192. The van der Waals surface area contributed by atoms with E-state index in [0.29, 0.717) is 16.9 Å². The molecule has 0 aliphatic heterocycles. The Kier molecular flexibility index (Phi) is 7.07. The zero-order valence-electron chi connectivity index (χ0n) is 19.3. The Hall–Kier alpha value is -4.18. The summed E-state index contributed by atoms with van der Waals surface area (Å²) in [7, 11) is 1.46. The highest BCUT2D eigenvalue weighted by atomic mass is 19.4. The largest absolute Gasteiger partial charge is 0.497 e. The van der Waals surface area contributed by atoms with E-state index in [1.54, 1.807) is 54.6 Å². The van der Waals surface area contributed by atoms with Gasteiger partial charge in [-0.1, -0.05) is 60.7 Å². The number of benzene rings is 3. The Morgan fingerprint density at radius 1 is 0.972 bits per heavy atom. The molecule has 0 spiro atoms. The molecule has 1 unspecified atom stereocenters. The predicted octanol–water partition coefficient (Wildman–Crippen LogP) is 3.85. The second-order valence-electron chi connectivity index (χ2n) is 8.11. The molecule has 186 valence electrons. The summed E-state index contributed by atoms with van der Waals surface area (Å²) in [6, 6.07) is 19.6. The zero-order valence-corrected chi connectivity index (χ0v) is 19.3. The van der Waals surface area contributed by atoms with E-state index in [2.05, 4.69) is 5.10 Å². The summed E-state index contributed by atoms with van der Waals surface area (Å²) in [5, 5.41) is 4.18. The number of rotatable bonds is 7. The third-order valence-electron chi connectivity index (χ3n) is 5.71. The van der Waals surface area contributed by atoms with E-state index < -0.39 is 35.6 Å². The van der Waals surface area contributed by atoms with Gasteiger partial charge in [0.15, 0.2) is 5.69 Å². The van der Waals surface area contributed by atoms with Crippen LogP contribution in [0.1, 0.15) is 22.7 Å². The molecule has 1 atom stereocenters. The van der Waals surface area contributed by atoms with Gasteiger partial charge in [-0.15, -0.1) is 0 Å². The number of ether oxygens (including phenoxy) is 1. The van der Waals surface area contributed by atoms with E-state index in [9.17, 15) is 22.8 Å². The highest BCUT2D eigenvalue weighted by Gasteiger charge is 2.33. The van der Waals surface area contributed by atoms with Gasteiger partial charge in [-0.3, -0.25) is 9.36 Å². The lowest BCUT2D eigenvalue weighted by Crippen LogP contribution is -2.44. The molecule has 7 nitrogen and oxygen atoms in total. The van der Waals surface area contributed by atoms with E-state index in [1.807, 2.05) is 0 Å². The monoisotopic (exact) mass is 496 g/mol. The van der Waals surface area contributed by atoms with E-state index in [0.717, 1.165) is 15.3 Å². The molecule has 2 N–H and O–H groups in total. The summed E-state index contributed by atoms with van der Waals surface area (Å²) in [5.41, 5.74) is 4.59. The topological polar surface area (TPSA) is 92.1 Å². The Morgan fingerprint density at radius 2 is 1.67 bits per heavy atom. The average molecular weight is 496 g/mol. The summed E-state index contributed by atoms with van der Waals surface area (Å²) < 4.78 is 47.8. The normalized spacial score (nSPS) is 12.4. The van der Waals surface area contributed by atoms with E-state index >= 15 is 0 Å². The van der Waals surface area contributed by atoms with E-state index in [-0.39, 0.29) is 17.8 Å². The molecule has 36 heavy (non-hydrogen) atoms. The van der Waals surface area contributed by atoms with Crippen LogP contribution in [0.4, 0.5) is 13.2 Å². The fourth-order valence-corrected chi connectivity index (χ4v) is 3.87. The maximum absolute atomic E-state index is 13.6. The van der Waals surface area contributed by atoms with Crippen molar-refractivity contribution in [3.05, 3.63) is 116 Å². The summed E-state index contributed by atoms with van der Waals surface area (Å²) >= 11 is 0. The molecular formula is C26H23F3N4O3. The minimum Gasteiger partial charge on any atom is -0.497 e. The van der Waals surface area contributed by atoms with Crippen molar-refractivity contribution in [3.8, 4) is 17.0 Å². The highest BCUT2D eigenvalue weighted by molar-refractivity contribution is 5.59. The number of nitrogens with zero attached hydrogens (tertiary/aromatic N) is 3. The molecule has 1 aromatic heterocycles. The molecule has 4 aromatic rings. The molecule has 0 saturated heterocycles. The van der Waals surface area contributed by atoms with Crippen LogP contribution in [0.25, 0.3) is 11.3 Å². The fourth-order valence-electron chi connectivity index (χ4n) is 3.87. The van der Waals surface area contributed by atoms with Gasteiger partial charge in [-0.25, -0.2) is 9.48 Å². The number of alkyl halides is 3. The first kappa shape index (κ1) is 24.9. The van der Waals surface area contributed by atoms with Crippen LogP contribution in [0.5, 0.6) is 5.75 Å². The molecule has 0 saturated carbocycles. The molecule has 0 fully saturated rings. The highest BCUT2D eigenvalue weighted by Crippen LogP contribution is 2.32. The predicted molar refractivity (Wildman–Crippen MR) is 129 cm³/mol. The molecular weight excluding hydrogens is 473 g/mol. The maximum atomic E-state index is 13.6. The molecule has 1 heterocycles. The molecule has 10 heteroatoms. The van der Waals surface area contributed by atoms with Crippen LogP contribution in [-0.2, 0) is 19.3 Å². The molecule has 0 aliphatic rings. The third kappa shape index (κ3) is 5.23. The van der Waals surface area contributed by atoms with Crippen molar-refractivity contribution in [2.75, 3.05) is 7.11 Å². The summed E-state index contributed by atoms with van der Waals surface area (Å²) in [5.74, 6) is 0.446. The van der Waals surface area contributed by atoms with Gasteiger partial charge in [0.1, 0.15) is 5.75 Å². The summed E-state index contributed by atoms with van der Waals surface area (Å²) in [6.07, 6.45) is -4.63. The van der Waals surface area contributed by atoms with Crippen LogP contribution in [0, 0.1) is 0 Å². The number of hydrogen-bond donors (Lipinski definition) is 1. The van der Waals surface area contributed by atoms with E-state index in [4.69, 9.17) is 10.5 Å². The Balaban J connectivity index is 1.88. The number of aromatic nitrogens is 3. The molecule has 0 amide bonds. The van der Waals surface area contributed by atoms with Crippen molar-refractivity contribution in [2.24, 2.45) is 5.73 Å². The molecule has 0 bridgehead atoms. The van der Waals surface area contributed by atoms with Crippen LogP contribution in [-0.4, -0.2) is 21.5 Å². The molecule has 4 rings (SSSR count). The Morgan fingerprint density at radius 3 is 2.36 bits per heavy atom. The smallest absolute Gasteiger partial charge is 0.416 e. The minimum atomic E-state index is -4.63. The maximum Gasteiger partial charge on any atom is 0.416 e. The zero-order chi connectivity index (χ0) is 25.9. The molecule has 3 aromatic carbocycles. The van der Waals surface area contributed by atoms with Crippen LogP contribution < -0.4 is 21.7 Å². The lowest BCUT2D eigenvalue weighted by atomic mass is 10.1. The van der Waals surface area contributed by atoms with E-state index in [1.165, 1.54) is 25.3 Å². The molecule has 0 aliphatic carbocycles. The first-order valence-electron chi connectivity index (χ1n) is 11.0. The quantitative estimate of drug-likeness (QED) is 0.420. The summed E-state index contributed by atoms with van der Waals surface area (Å²) in [6.45, 7) is -0.686. The summed E-state index contributed by atoms with van der Waals surface area (Å²) in [4.78, 5) is 26.7. The number of halogens is 3. The number of nitrogens with two attached hydrogens (primary N) is 1. The van der Waals surface area contributed by atoms with Crippen molar-refractivity contribution in [1.82, 2.24) is 14.3 Å².